The van der Waals surface area contributed by atoms with Gasteiger partial charge in [-0.1, -0.05) is 23.7 Å². The summed E-state index contributed by atoms with van der Waals surface area (Å²) >= 11 is 0. The van der Waals surface area contributed by atoms with Gasteiger partial charge in [-0.05, 0) is 63.3 Å². The summed E-state index contributed by atoms with van der Waals surface area (Å²) in [6.45, 7) is 5.83. The molecule has 0 saturated heterocycles. The molecular weight excluding hydrogens is 323 g/mol. The molecule has 136 valence electrons. The van der Waals surface area contributed by atoms with Gasteiger partial charge in [0.15, 0.2) is 0 Å². The van der Waals surface area contributed by atoms with E-state index < -0.39 is 11.7 Å². The second-order valence-electron chi connectivity index (χ2n) is 7.32. The van der Waals surface area contributed by atoms with Crippen LogP contribution in [0.2, 0.25) is 0 Å². The molecule has 25 heavy (non-hydrogen) atoms. The molecule has 2 rings (SSSR count). The maximum atomic E-state index is 13.4. The van der Waals surface area contributed by atoms with Crippen molar-refractivity contribution < 1.29 is 13.9 Å². The number of hydrogen-bond donors (Lipinski definition) is 0. The Kier molecular flexibility index (Phi) is 6.26. The second-order valence-corrected chi connectivity index (χ2v) is 7.32. The van der Waals surface area contributed by atoms with Gasteiger partial charge in [-0.2, -0.15) is 0 Å². The first-order chi connectivity index (χ1) is 11.8. The zero-order chi connectivity index (χ0) is 18.4. The SMILES string of the molecule is CC(C)(C)OC(=O)N(CCc1cccc(F)c1)[C@H]1CCC[C@H]1N=[N+]=[N-]. The lowest BCUT2D eigenvalue weighted by atomic mass is 10.1. The van der Waals surface area contributed by atoms with Gasteiger partial charge in [-0.15, -0.1) is 0 Å². The van der Waals surface area contributed by atoms with E-state index in [0.29, 0.717) is 13.0 Å². The summed E-state index contributed by atoms with van der Waals surface area (Å²) in [6.07, 6.45) is 2.51. The molecule has 0 bridgehead atoms. The maximum Gasteiger partial charge on any atom is 0.410 e. The van der Waals surface area contributed by atoms with Crippen LogP contribution in [-0.2, 0) is 11.2 Å². The summed E-state index contributed by atoms with van der Waals surface area (Å²) in [5.41, 5.74) is 8.97. The molecule has 0 unspecified atom stereocenters. The van der Waals surface area contributed by atoms with Crippen LogP contribution in [0.15, 0.2) is 29.4 Å². The summed E-state index contributed by atoms with van der Waals surface area (Å²) in [4.78, 5) is 17.2. The smallest absolute Gasteiger partial charge is 0.410 e. The van der Waals surface area contributed by atoms with Crippen molar-refractivity contribution in [3.8, 4) is 0 Å². The molecule has 1 aliphatic carbocycles. The molecule has 0 N–H and O–H groups in total. The number of rotatable bonds is 5. The molecular formula is C18H25FN4O2. The number of carbonyl (C=O) groups excluding carboxylic acids is 1. The first-order valence-corrected chi connectivity index (χ1v) is 8.58. The Balaban J connectivity index is 2.16. The minimum absolute atomic E-state index is 0.181. The molecule has 2 atom stereocenters. The number of ether oxygens (including phenoxy) is 1. The quantitative estimate of drug-likeness (QED) is 0.434. The van der Waals surface area contributed by atoms with Crippen molar-refractivity contribution in [2.45, 2.75) is 64.1 Å². The lowest BCUT2D eigenvalue weighted by Gasteiger charge is -2.33. The van der Waals surface area contributed by atoms with Crippen molar-refractivity contribution in [3.05, 3.63) is 46.1 Å². The molecule has 0 aliphatic heterocycles. The molecule has 1 amide bonds. The van der Waals surface area contributed by atoms with E-state index in [-0.39, 0.29) is 17.9 Å². The van der Waals surface area contributed by atoms with Gasteiger partial charge in [-0.25, -0.2) is 9.18 Å². The van der Waals surface area contributed by atoms with Crippen LogP contribution in [0, 0.1) is 5.82 Å². The van der Waals surface area contributed by atoms with Crippen LogP contribution in [0.3, 0.4) is 0 Å². The number of azide groups is 1. The molecule has 1 fully saturated rings. The fourth-order valence-corrected chi connectivity index (χ4v) is 3.14. The highest BCUT2D eigenvalue weighted by molar-refractivity contribution is 5.68. The fourth-order valence-electron chi connectivity index (χ4n) is 3.14. The van der Waals surface area contributed by atoms with Crippen LogP contribution in [0.1, 0.15) is 45.6 Å². The maximum absolute atomic E-state index is 13.4. The molecule has 1 aromatic carbocycles. The van der Waals surface area contributed by atoms with E-state index >= 15 is 0 Å². The van der Waals surface area contributed by atoms with E-state index in [0.717, 1.165) is 24.8 Å². The predicted octanol–water partition coefficient (Wildman–Crippen LogP) is 4.84. The first-order valence-electron chi connectivity index (χ1n) is 8.58. The second kappa shape index (κ2) is 8.21. The Bertz CT molecular complexity index is 653. The standard InChI is InChI=1S/C18H25FN4O2/c1-18(2,3)25-17(24)23(16-9-5-8-15(16)21-22-20)11-10-13-6-4-7-14(19)12-13/h4,6-7,12,15-16H,5,8-11H2,1-3H3/t15-,16+/m1/s1. The van der Waals surface area contributed by atoms with Gasteiger partial charge in [0, 0.05) is 17.5 Å². The van der Waals surface area contributed by atoms with Gasteiger partial charge in [0.05, 0.1) is 6.04 Å². The lowest BCUT2D eigenvalue weighted by molar-refractivity contribution is 0.0154. The fraction of sp³-hybridized carbons (Fsp3) is 0.611. The van der Waals surface area contributed by atoms with Crippen LogP contribution < -0.4 is 0 Å². The zero-order valence-corrected chi connectivity index (χ0v) is 15.0. The highest BCUT2D eigenvalue weighted by Crippen LogP contribution is 2.28. The lowest BCUT2D eigenvalue weighted by Crippen LogP contribution is -2.47. The predicted molar refractivity (Wildman–Crippen MR) is 93.6 cm³/mol. The van der Waals surface area contributed by atoms with Gasteiger partial charge in [0.1, 0.15) is 11.4 Å². The van der Waals surface area contributed by atoms with Crippen molar-refractivity contribution in [1.82, 2.24) is 4.90 Å². The molecule has 1 aliphatic rings. The van der Waals surface area contributed by atoms with Crippen molar-refractivity contribution in [1.29, 1.82) is 0 Å². The third kappa shape index (κ3) is 5.64. The van der Waals surface area contributed by atoms with Gasteiger partial charge >= 0.3 is 6.09 Å². The molecule has 0 radical (unpaired) electrons. The minimum Gasteiger partial charge on any atom is -0.444 e. The van der Waals surface area contributed by atoms with E-state index in [4.69, 9.17) is 10.3 Å². The number of amides is 1. The van der Waals surface area contributed by atoms with Gasteiger partial charge in [0.25, 0.3) is 0 Å². The summed E-state index contributed by atoms with van der Waals surface area (Å²) < 4.78 is 18.9. The van der Waals surface area contributed by atoms with Crippen molar-refractivity contribution in [2.75, 3.05) is 6.54 Å². The molecule has 0 heterocycles. The van der Waals surface area contributed by atoms with Crippen LogP contribution in [0.25, 0.3) is 10.4 Å². The highest BCUT2D eigenvalue weighted by Gasteiger charge is 2.36. The number of benzene rings is 1. The third-order valence-corrected chi connectivity index (χ3v) is 4.20. The Morgan fingerprint density at radius 1 is 1.44 bits per heavy atom. The molecule has 1 saturated carbocycles. The largest absolute Gasteiger partial charge is 0.444 e. The summed E-state index contributed by atoms with van der Waals surface area (Å²) in [6, 6.07) is 5.91. The molecule has 0 aromatic heterocycles. The van der Waals surface area contributed by atoms with Gasteiger partial charge in [-0.3, -0.25) is 0 Å². The average Bonchev–Trinajstić information content (AvgIpc) is 2.94. The third-order valence-electron chi connectivity index (χ3n) is 4.20. The minimum atomic E-state index is -0.610. The van der Waals surface area contributed by atoms with Gasteiger partial charge < -0.3 is 9.64 Å². The molecule has 7 heteroatoms. The van der Waals surface area contributed by atoms with Crippen LogP contribution >= 0.6 is 0 Å². The van der Waals surface area contributed by atoms with Gasteiger partial charge in [0.2, 0.25) is 0 Å². The van der Waals surface area contributed by atoms with E-state index in [1.54, 1.807) is 11.0 Å². The van der Waals surface area contributed by atoms with Crippen molar-refractivity contribution >= 4 is 6.09 Å². The molecule has 0 spiro atoms. The number of hydrogen-bond acceptors (Lipinski definition) is 3. The van der Waals surface area contributed by atoms with E-state index in [9.17, 15) is 9.18 Å². The summed E-state index contributed by atoms with van der Waals surface area (Å²) in [5.74, 6) is -0.297. The Labute approximate surface area is 147 Å². The van der Waals surface area contributed by atoms with E-state index in [1.807, 2.05) is 26.8 Å². The zero-order valence-electron chi connectivity index (χ0n) is 15.0. The monoisotopic (exact) mass is 348 g/mol. The number of nitrogens with zero attached hydrogens (tertiary/aromatic N) is 4. The molecule has 1 aromatic rings. The highest BCUT2D eigenvalue weighted by atomic mass is 19.1. The van der Waals surface area contributed by atoms with Crippen molar-refractivity contribution in [3.63, 3.8) is 0 Å². The normalized spacial score (nSPS) is 20.0. The van der Waals surface area contributed by atoms with Crippen LogP contribution in [0.5, 0.6) is 0 Å². The summed E-state index contributed by atoms with van der Waals surface area (Å²) in [7, 11) is 0. The molecule has 6 nitrogen and oxygen atoms in total. The number of halogens is 1. The Hall–Kier alpha value is -2.27. The number of carbonyl (C=O) groups is 1. The first kappa shape index (κ1) is 19.1. The van der Waals surface area contributed by atoms with E-state index in [1.165, 1.54) is 12.1 Å². The Morgan fingerprint density at radius 2 is 2.20 bits per heavy atom. The Morgan fingerprint density at radius 3 is 2.84 bits per heavy atom. The van der Waals surface area contributed by atoms with Crippen LogP contribution in [0.4, 0.5) is 9.18 Å². The topological polar surface area (TPSA) is 78.3 Å². The average molecular weight is 348 g/mol. The van der Waals surface area contributed by atoms with Crippen LogP contribution in [-0.4, -0.2) is 35.2 Å². The van der Waals surface area contributed by atoms with E-state index in [2.05, 4.69) is 10.0 Å². The summed E-state index contributed by atoms with van der Waals surface area (Å²) in [5, 5.41) is 3.85. The van der Waals surface area contributed by atoms with Crippen molar-refractivity contribution in [2.24, 2.45) is 5.11 Å².